The summed E-state index contributed by atoms with van der Waals surface area (Å²) >= 11 is 0. The van der Waals surface area contributed by atoms with Crippen LogP contribution in [0.5, 0.6) is 5.75 Å². The second-order valence-corrected chi connectivity index (χ2v) is 5.83. The molecule has 26 heavy (non-hydrogen) atoms. The molecule has 6 nitrogen and oxygen atoms in total. The molecule has 1 heterocycles. The summed E-state index contributed by atoms with van der Waals surface area (Å²) in [7, 11) is 1.63. The van der Waals surface area contributed by atoms with Gasteiger partial charge in [0.1, 0.15) is 5.75 Å². The number of ether oxygens (including phenoxy) is 1. The number of carbonyl (C=O) groups excluding carboxylic acids is 1. The lowest BCUT2D eigenvalue weighted by Gasteiger charge is -2.06. The van der Waals surface area contributed by atoms with Gasteiger partial charge in [-0.1, -0.05) is 19.1 Å². The summed E-state index contributed by atoms with van der Waals surface area (Å²) in [4.78, 5) is 12.1. The van der Waals surface area contributed by atoms with Crippen LogP contribution in [0.4, 0.5) is 5.69 Å². The molecule has 0 radical (unpaired) electrons. The van der Waals surface area contributed by atoms with E-state index in [4.69, 9.17) is 9.15 Å². The van der Waals surface area contributed by atoms with Crippen LogP contribution in [-0.4, -0.2) is 23.2 Å². The highest BCUT2D eigenvalue weighted by Gasteiger charge is 2.08. The average Bonchev–Trinajstić information content (AvgIpc) is 3.16. The molecule has 0 unspecified atom stereocenters. The van der Waals surface area contributed by atoms with Gasteiger partial charge in [0, 0.05) is 24.1 Å². The van der Waals surface area contributed by atoms with Crippen molar-refractivity contribution in [3.05, 3.63) is 60.0 Å². The number of carbonyl (C=O) groups is 1. The Bertz CT molecular complexity index is 855. The van der Waals surface area contributed by atoms with Crippen LogP contribution in [-0.2, 0) is 17.6 Å². The van der Waals surface area contributed by atoms with E-state index in [1.54, 1.807) is 7.11 Å². The number of benzene rings is 2. The van der Waals surface area contributed by atoms with Crippen molar-refractivity contribution in [2.45, 2.75) is 26.2 Å². The summed E-state index contributed by atoms with van der Waals surface area (Å²) in [5.41, 5.74) is 2.66. The smallest absolute Gasteiger partial charge is 0.247 e. The minimum atomic E-state index is -0.0281. The predicted octanol–water partition coefficient (Wildman–Crippen LogP) is 3.88. The number of aromatic nitrogens is 2. The summed E-state index contributed by atoms with van der Waals surface area (Å²) in [5, 5.41) is 10.9. The molecule has 3 rings (SSSR count). The molecule has 0 fully saturated rings. The van der Waals surface area contributed by atoms with Gasteiger partial charge in [0.25, 0.3) is 0 Å². The largest absolute Gasteiger partial charge is 0.497 e. The lowest BCUT2D eigenvalue weighted by molar-refractivity contribution is -0.116. The summed E-state index contributed by atoms with van der Waals surface area (Å²) in [6, 6.07) is 15.1. The first-order valence-corrected chi connectivity index (χ1v) is 8.53. The first-order valence-electron chi connectivity index (χ1n) is 8.53. The van der Waals surface area contributed by atoms with E-state index in [9.17, 15) is 4.79 Å². The van der Waals surface area contributed by atoms with E-state index in [1.807, 2.05) is 55.5 Å². The van der Waals surface area contributed by atoms with Crippen LogP contribution in [0.15, 0.2) is 52.9 Å². The Morgan fingerprint density at radius 2 is 1.81 bits per heavy atom. The molecular weight excluding hydrogens is 330 g/mol. The van der Waals surface area contributed by atoms with Gasteiger partial charge in [0.05, 0.1) is 7.11 Å². The quantitative estimate of drug-likeness (QED) is 0.699. The highest BCUT2D eigenvalue weighted by atomic mass is 16.5. The maximum atomic E-state index is 12.1. The Morgan fingerprint density at radius 1 is 1.08 bits per heavy atom. The Morgan fingerprint density at radius 3 is 2.42 bits per heavy atom. The first kappa shape index (κ1) is 17.7. The highest BCUT2D eigenvalue weighted by molar-refractivity contribution is 5.91. The maximum Gasteiger partial charge on any atom is 0.247 e. The molecule has 1 N–H and O–H groups in total. The maximum absolute atomic E-state index is 12.1. The standard InChI is InChI=1S/C20H21N3O3/c1-3-19-22-23-20(26-19)15-7-9-16(10-8-15)21-18(24)13-6-14-4-11-17(25-2)12-5-14/h4-5,7-12H,3,6,13H2,1-2H3,(H,21,24). The molecule has 0 aliphatic rings. The molecule has 134 valence electrons. The van der Waals surface area contributed by atoms with Crippen molar-refractivity contribution in [2.24, 2.45) is 0 Å². The third-order valence-corrected chi connectivity index (χ3v) is 3.98. The van der Waals surface area contributed by atoms with Crippen LogP contribution < -0.4 is 10.1 Å². The summed E-state index contributed by atoms with van der Waals surface area (Å²) in [6.45, 7) is 1.96. The van der Waals surface area contributed by atoms with Crippen molar-refractivity contribution >= 4 is 11.6 Å². The number of anilines is 1. The topological polar surface area (TPSA) is 77.2 Å². The predicted molar refractivity (Wildman–Crippen MR) is 99.1 cm³/mol. The van der Waals surface area contributed by atoms with Gasteiger partial charge in [0.15, 0.2) is 0 Å². The number of nitrogens with one attached hydrogen (secondary N) is 1. The van der Waals surface area contributed by atoms with E-state index < -0.39 is 0 Å². The number of hydrogen-bond acceptors (Lipinski definition) is 5. The number of methoxy groups -OCH3 is 1. The van der Waals surface area contributed by atoms with E-state index >= 15 is 0 Å². The minimum Gasteiger partial charge on any atom is -0.497 e. The Balaban J connectivity index is 1.53. The molecule has 0 aliphatic heterocycles. The van der Waals surface area contributed by atoms with E-state index in [0.717, 1.165) is 22.6 Å². The molecule has 6 heteroatoms. The Kier molecular flexibility index (Phi) is 5.63. The second kappa shape index (κ2) is 8.29. The molecule has 0 atom stereocenters. The normalized spacial score (nSPS) is 10.5. The molecule has 1 aromatic heterocycles. The van der Waals surface area contributed by atoms with Gasteiger partial charge < -0.3 is 14.5 Å². The minimum absolute atomic E-state index is 0.0281. The molecule has 2 aromatic carbocycles. The van der Waals surface area contributed by atoms with Crippen LogP contribution in [0.2, 0.25) is 0 Å². The van der Waals surface area contributed by atoms with E-state index in [1.165, 1.54) is 0 Å². The molecule has 0 saturated heterocycles. The monoisotopic (exact) mass is 351 g/mol. The SMILES string of the molecule is CCc1nnc(-c2ccc(NC(=O)CCc3ccc(OC)cc3)cc2)o1. The van der Waals surface area contributed by atoms with Crippen LogP contribution in [0.3, 0.4) is 0 Å². The van der Waals surface area contributed by atoms with Gasteiger partial charge in [-0.05, 0) is 48.4 Å². The summed E-state index contributed by atoms with van der Waals surface area (Å²) in [6.07, 6.45) is 1.79. The Labute approximate surface area is 152 Å². The fraction of sp³-hybridized carbons (Fsp3) is 0.250. The highest BCUT2D eigenvalue weighted by Crippen LogP contribution is 2.20. The Hall–Kier alpha value is -3.15. The van der Waals surface area contributed by atoms with E-state index in [0.29, 0.717) is 31.0 Å². The summed E-state index contributed by atoms with van der Waals surface area (Å²) in [5.74, 6) is 1.88. The number of amides is 1. The van der Waals surface area contributed by atoms with Crippen molar-refractivity contribution in [3.8, 4) is 17.2 Å². The van der Waals surface area contributed by atoms with Crippen molar-refractivity contribution in [1.82, 2.24) is 10.2 Å². The van der Waals surface area contributed by atoms with Gasteiger partial charge >= 0.3 is 0 Å². The molecule has 0 bridgehead atoms. The number of aryl methyl sites for hydroxylation is 2. The van der Waals surface area contributed by atoms with Crippen LogP contribution in [0.25, 0.3) is 11.5 Å². The van der Waals surface area contributed by atoms with Gasteiger partial charge in [-0.25, -0.2) is 0 Å². The zero-order chi connectivity index (χ0) is 18.4. The van der Waals surface area contributed by atoms with Crippen LogP contribution in [0.1, 0.15) is 24.8 Å². The van der Waals surface area contributed by atoms with Gasteiger partial charge in [-0.3, -0.25) is 4.79 Å². The van der Waals surface area contributed by atoms with Crippen molar-refractivity contribution in [1.29, 1.82) is 0 Å². The summed E-state index contributed by atoms with van der Waals surface area (Å²) < 4.78 is 10.7. The third-order valence-electron chi connectivity index (χ3n) is 3.98. The van der Waals surface area contributed by atoms with Crippen molar-refractivity contribution < 1.29 is 13.9 Å². The third kappa shape index (κ3) is 4.47. The second-order valence-electron chi connectivity index (χ2n) is 5.83. The molecule has 0 aliphatic carbocycles. The van der Waals surface area contributed by atoms with Crippen LogP contribution in [0, 0.1) is 0 Å². The van der Waals surface area contributed by atoms with Crippen molar-refractivity contribution in [3.63, 3.8) is 0 Å². The lowest BCUT2D eigenvalue weighted by Crippen LogP contribution is -2.12. The molecule has 0 saturated carbocycles. The molecule has 1 amide bonds. The van der Waals surface area contributed by atoms with Gasteiger partial charge in [0.2, 0.25) is 17.7 Å². The fourth-order valence-corrected chi connectivity index (χ4v) is 2.48. The lowest BCUT2D eigenvalue weighted by atomic mass is 10.1. The fourth-order valence-electron chi connectivity index (χ4n) is 2.48. The van der Waals surface area contributed by atoms with E-state index in [-0.39, 0.29) is 5.91 Å². The van der Waals surface area contributed by atoms with Crippen LogP contribution >= 0.6 is 0 Å². The molecular formula is C20H21N3O3. The van der Waals surface area contributed by atoms with Gasteiger partial charge in [-0.15, -0.1) is 10.2 Å². The molecule has 0 spiro atoms. The number of nitrogens with zero attached hydrogens (tertiary/aromatic N) is 2. The van der Waals surface area contributed by atoms with Crippen molar-refractivity contribution in [2.75, 3.05) is 12.4 Å². The number of hydrogen-bond donors (Lipinski definition) is 1. The van der Waals surface area contributed by atoms with Gasteiger partial charge in [-0.2, -0.15) is 0 Å². The zero-order valence-corrected chi connectivity index (χ0v) is 14.9. The number of rotatable bonds is 7. The molecule has 3 aromatic rings. The van der Waals surface area contributed by atoms with E-state index in [2.05, 4.69) is 15.5 Å². The average molecular weight is 351 g/mol. The first-order chi connectivity index (χ1) is 12.7. The zero-order valence-electron chi connectivity index (χ0n) is 14.9.